The van der Waals surface area contributed by atoms with E-state index in [0.29, 0.717) is 12.3 Å². The minimum absolute atomic E-state index is 0. The molecule has 5 nitrogen and oxygen atoms in total. The van der Waals surface area contributed by atoms with Crippen LogP contribution in [-0.4, -0.2) is 42.9 Å². The summed E-state index contributed by atoms with van der Waals surface area (Å²) in [5.74, 6) is 2.73. The standard InChI is InChI=1S/C18H34N4O.HI/c1-3-20-18(21-12-16-9-5-4-7-14(16)2)22-10-6-8-15(13-22)11-17(19)23;/h14-16H,3-13H2,1-2H3,(H2,19,23)(H,20,21);1H. The number of nitrogens with two attached hydrogens (primary N) is 1. The fraction of sp³-hybridized carbons (Fsp3) is 0.889. The lowest BCUT2D eigenvalue weighted by Gasteiger charge is -2.35. The summed E-state index contributed by atoms with van der Waals surface area (Å²) in [5, 5.41) is 3.44. The van der Waals surface area contributed by atoms with Crippen LogP contribution in [0.15, 0.2) is 4.99 Å². The average molecular weight is 450 g/mol. The number of halogens is 1. The highest BCUT2D eigenvalue weighted by Crippen LogP contribution is 2.29. The molecular formula is C18H35IN4O. The quantitative estimate of drug-likeness (QED) is 0.385. The van der Waals surface area contributed by atoms with E-state index in [1.165, 1.54) is 25.7 Å². The van der Waals surface area contributed by atoms with E-state index in [1.807, 2.05) is 0 Å². The van der Waals surface area contributed by atoms with E-state index < -0.39 is 0 Å². The van der Waals surface area contributed by atoms with Gasteiger partial charge in [0.1, 0.15) is 0 Å². The number of rotatable bonds is 5. The number of guanidine groups is 1. The monoisotopic (exact) mass is 450 g/mol. The van der Waals surface area contributed by atoms with Crippen LogP contribution >= 0.6 is 24.0 Å². The molecule has 1 aliphatic carbocycles. The van der Waals surface area contributed by atoms with Gasteiger partial charge in [-0.3, -0.25) is 9.79 Å². The maximum atomic E-state index is 11.2. The second-order valence-corrected chi connectivity index (χ2v) is 7.34. The Balaban J connectivity index is 0.00000288. The van der Waals surface area contributed by atoms with Crippen LogP contribution in [0.3, 0.4) is 0 Å². The average Bonchev–Trinajstić information content (AvgIpc) is 2.52. The van der Waals surface area contributed by atoms with Crippen LogP contribution in [0.5, 0.6) is 0 Å². The lowest BCUT2D eigenvalue weighted by molar-refractivity contribution is -0.119. The van der Waals surface area contributed by atoms with Gasteiger partial charge in [0.25, 0.3) is 0 Å². The first-order valence-electron chi connectivity index (χ1n) is 9.41. The number of hydrogen-bond acceptors (Lipinski definition) is 2. The Morgan fingerprint density at radius 3 is 2.67 bits per heavy atom. The third-order valence-corrected chi connectivity index (χ3v) is 5.41. The minimum Gasteiger partial charge on any atom is -0.370 e. The largest absolute Gasteiger partial charge is 0.370 e. The lowest BCUT2D eigenvalue weighted by atomic mass is 9.80. The van der Waals surface area contributed by atoms with Crippen LogP contribution in [-0.2, 0) is 4.79 Å². The zero-order chi connectivity index (χ0) is 16.7. The summed E-state index contributed by atoms with van der Waals surface area (Å²) < 4.78 is 0. The normalized spacial score (nSPS) is 28.2. The lowest BCUT2D eigenvalue weighted by Crippen LogP contribution is -2.47. The smallest absolute Gasteiger partial charge is 0.217 e. The third-order valence-electron chi connectivity index (χ3n) is 5.41. The molecule has 3 N–H and O–H groups in total. The SMILES string of the molecule is CCNC(=NCC1CCCCC1C)N1CCCC(CC(N)=O)C1.I. The van der Waals surface area contributed by atoms with E-state index >= 15 is 0 Å². The summed E-state index contributed by atoms with van der Waals surface area (Å²) in [6.07, 6.45) is 8.10. The van der Waals surface area contributed by atoms with E-state index in [4.69, 9.17) is 10.7 Å². The molecule has 24 heavy (non-hydrogen) atoms. The van der Waals surface area contributed by atoms with Crippen molar-refractivity contribution in [2.45, 2.75) is 58.8 Å². The summed E-state index contributed by atoms with van der Waals surface area (Å²) in [4.78, 5) is 18.5. The molecule has 1 aliphatic heterocycles. The predicted molar refractivity (Wildman–Crippen MR) is 111 cm³/mol. The van der Waals surface area contributed by atoms with Crippen LogP contribution < -0.4 is 11.1 Å². The summed E-state index contributed by atoms with van der Waals surface area (Å²) in [5.41, 5.74) is 5.37. The predicted octanol–water partition coefficient (Wildman–Crippen LogP) is 2.98. The second-order valence-electron chi connectivity index (χ2n) is 7.34. The molecule has 1 heterocycles. The molecule has 2 rings (SSSR count). The molecule has 3 atom stereocenters. The van der Waals surface area contributed by atoms with E-state index in [9.17, 15) is 4.79 Å². The molecule has 0 aromatic carbocycles. The number of amides is 1. The van der Waals surface area contributed by atoms with Gasteiger partial charge < -0.3 is 16.0 Å². The van der Waals surface area contributed by atoms with Gasteiger partial charge in [0.15, 0.2) is 5.96 Å². The number of hydrogen-bond donors (Lipinski definition) is 2. The first kappa shape index (κ1) is 21.5. The Hall–Kier alpha value is -0.530. The Morgan fingerprint density at radius 2 is 2.00 bits per heavy atom. The first-order chi connectivity index (χ1) is 11.1. The fourth-order valence-corrected chi connectivity index (χ4v) is 4.00. The minimum atomic E-state index is -0.185. The number of aliphatic imine (C=N–C) groups is 1. The highest BCUT2D eigenvalue weighted by atomic mass is 127. The number of nitrogens with zero attached hydrogens (tertiary/aromatic N) is 2. The van der Waals surface area contributed by atoms with Crippen LogP contribution in [0.1, 0.15) is 58.8 Å². The summed E-state index contributed by atoms with van der Waals surface area (Å²) in [6, 6.07) is 0. The Kier molecular flexibility index (Phi) is 10.0. The highest BCUT2D eigenvalue weighted by molar-refractivity contribution is 14.0. The zero-order valence-electron chi connectivity index (χ0n) is 15.3. The molecule has 1 saturated carbocycles. The maximum absolute atomic E-state index is 11.2. The molecule has 3 unspecified atom stereocenters. The molecule has 1 saturated heterocycles. The Bertz CT molecular complexity index is 416. The summed E-state index contributed by atoms with van der Waals surface area (Å²) in [6.45, 7) is 8.23. The topological polar surface area (TPSA) is 70.7 Å². The molecule has 2 fully saturated rings. The van der Waals surface area contributed by atoms with Gasteiger partial charge in [-0.2, -0.15) is 0 Å². The molecule has 0 spiro atoms. The van der Waals surface area contributed by atoms with Crippen LogP contribution in [0.25, 0.3) is 0 Å². The van der Waals surface area contributed by atoms with Gasteiger partial charge in [-0.15, -0.1) is 24.0 Å². The second kappa shape index (κ2) is 11.2. The summed E-state index contributed by atoms with van der Waals surface area (Å²) in [7, 11) is 0. The fourth-order valence-electron chi connectivity index (χ4n) is 4.00. The Morgan fingerprint density at radius 1 is 1.25 bits per heavy atom. The third kappa shape index (κ3) is 6.76. The van der Waals surface area contributed by atoms with Gasteiger partial charge in [0.2, 0.25) is 5.91 Å². The van der Waals surface area contributed by atoms with Crippen LogP contribution in [0, 0.1) is 17.8 Å². The Labute approximate surface area is 164 Å². The van der Waals surface area contributed by atoms with Crippen molar-refractivity contribution in [1.29, 1.82) is 0 Å². The van der Waals surface area contributed by atoms with Crippen molar-refractivity contribution in [3.05, 3.63) is 0 Å². The van der Waals surface area contributed by atoms with Crippen molar-refractivity contribution < 1.29 is 4.79 Å². The number of primary amides is 1. The van der Waals surface area contributed by atoms with Gasteiger partial charge in [0, 0.05) is 32.6 Å². The zero-order valence-corrected chi connectivity index (χ0v) is 17.6. The molecule has 0 bridgehead atoms. The van der Waals surface area contributed by atoms with Crippen molar-refractivity contribution >= 4 is 35.8 Å². The van der Waals surface area contributed by atoms with E-state index in [2.05, 4.69) is 24.1 Å². The molecule has 0 aromatic rings. The van der Waals surface area contributed by atoms with Crippen LogP contribution in [0.2, 0.25) is 0 Å². The van der Waals surface area contributed by atoms with Gasteiger partial charge >= 0.3 is 0 Å². The van der Waals surface area contributed by atoms with Crippen molar-refractivity contribution in [3.8, 4) is 0 Å². The van der Waals surface area contributed by atoms with Crippen LogP contribution in [0.4, 0.5) is 0 Å². The molecule has 140 valence electrons. The highest BCUT2D eigenvalue weighted by Gasteiger charge is 2.25. The van der Waals surface area contributed by atoms with Crippen molar-refractivity contribution in [2.24, 2.45) is 28.5 Å². The maximum Gasteiger partial charge on any atom is 0.217 e. The number of carbonyl (C=O) groups is 1. The van der Waals surface area contributed by atoms with Gasteiger partial charge in [-0.1, -0.05) is 26.2 Å². The summed E-state index contributed by atoms with van der Waals surface area (Å²) >= 11 is 0. The molecule has 6 heteroatoms. The molecule has 1 amide bonds. The van der Waals surface area contributed by atoms with Crippen molar-refractivity contribution in [3.63, 3.8) is 0 Å². The number of likely N-dealkylation sites (tertiary alicyclic amines) is 1. The van der Waals surface area contributed by atoms with Gasteiger partial charge in [-0.25, -0.2) is 0 Å². The first-order valence-corrected chi connectivity index (χ1v) is 9.41. The molecule has 2 aliphatic rings. The van der Waals surface area contributed by atoms with E-state index in [-0.39, 0.29) is 29.9 Å². The molecular weight excluding hydrogens is 415 g/mol. The van der Waals surface area contributed by atoms with E-state index in [1.54, 1.807) is 0 Å². The van der Waals surface area contributed by atoms with Gasteiger partial charge in [0.05, 0.1) is 0 Å². The number of piperidine rings is 1. The molecule has 0 radical (unpaired) electrons. The van der Waals surface area contributed by atoms with Gasteiger partial charge in [-0.05, 0) is 43.9 Å². The van der Waals surface area contributed by atoms with E-state index in [0.717, 1.165) is 56.8 Å². The molecule has 0 aromatic heterocycles. The van der Waals surface area contributed by atoms with Crippen molar-refractivity contribution in [2.75, 3.05) is 26.2 Å². The van der Waals surface area contributed by atoms with Crippen molar-refractivity contribution in [1.82, 2.24) is 10.2 Å². The number of nitrogens with one attached hydrogen (secondary N) is 1. The number of carbonyl (C=O) groups excluding carboxylic acids is 1.